The van der Waals surface area contributed by atoms with Gasteiger partial charge in [-0.1, -0.05) is 12.1 Å². The van der Waals surface area contributed by atoms with Crippen molar-refractivity contribution in [2.24, 2.45) is 0 Å². The molecular formula is C14H16N2O3. The fourth-order valence-corrected chi connectivity index (χ4v) is 1.71. The van der Waals surface area contributed by atoms with E-state index in [1.165, 1.54) is 6.07 Å². The van der Waals surface area contributed by atoms with Gasteiger partial charge in [0.05, 0.1) is 12.8 Å². The minimum Gasteiger partial charge on any atom is -0.497 e. The van der Waals surface area contributed by atoms with E-state index < -0.39 is 0 Å². The summed E-state index contributed by atoms with van der Waals surface area (Å²) in [5.41, 5.74) is 1.25. The smallest absolute Gasteiger partial charge is 0.251 e. The molecule has 0 amide bonds. The lowest BCUT2D eigenvalue weighted by atomic mass is 10.1. The Kier molecular flexibility index (Phi) is 4.30. The molecule has 0 saturated carbocycles. The maximum absolute atomic E-state index is 11.6. The number of aromatic amines is 1. The molecule has 1 heterocycles. The Morgan fingerprint density at radius 3 is 2.89 bits per heavy atom. The molecule has 0 unspecified atom stereocenters. The monoisotopic (exact) mass is 260 g/mol. The second-order valence-corrected chi connectivity index (χ2v) is 3.95. The van der Waals surface area contributed by atoms with Gasteiger partial charge in [-0.3, -0.25) is 4.79 Å². The fourth-order valence-electron chi connectivity index (χ4n) is 1.71. The average molecular weight is 260 g/mol. The van der Waals surface area contributed by atoms with Gasteiger partial charge in [0.25, 0.3) is 5.56 Å². The van der Waals surface area contributed by atoms with Crippen LogP contribution in [0.5, 0.6) is 5.75 Å². The molecular weight excluding hydrogens is 244 g/mol. The molecule has 0 saturated heterocycles. The molecule has 5 heteroatoms. The van der Waals surface area contributed by atoms with Crippen molar-refractivity contribution < 1.29 is 9.47 Å². The Labute approximate surface area is 111 Å². The zero-order valence-corrected chi connectivity index (χ0v) is 11.0. The molecule has 2 rings (SSSR count). The van der Waals surface area contributed by atoms with Gasteiger partial charge in [-0.05, 0) is 19.1 Å². The first-order valence-corrected chi connectivity index (χ1v) is 6.05. The van der Waals surface area contributed by atoms with Gasteiger partial charge in [0.1, 0.15) is 18.2 Å². The van der Waals surface area contributed by atoms with Crippen LogP contribution in [0.4, 0.5) is 0 Å². The minimum atomic E-state index is -0.192. The molecule has 0 spiro atoms. The highest BCUT2D eigenvalue weighted by Crippen LogP contribution is 2.21. The molecule has 1 N–H and O–H groups in total. The molecule has 0 radical (unpaired) electrons. The lowest BCUT2D eigenvalue weighted by Gasteiger charge is -2.06. The molecule has 0 aliphatic carbocycles. The van der Waals surface area contributed by atoms with Crippen molar-refractivity contribution >= 4 is 0 Å². The number of hydrogen-bond donors (Lipinski definition) is 1. The molecule has 0 atom stereocenters. The van der Waals surface area contributed by atoms with Gasteiger partial charge < -0.3 is 14.5 Å². The number of nitrogens with zero attached hydrogens (tertiary/aromatic N) is 1. The standard InChI is InChI=1S/C14H16N2O3/c1-3-19-9-13-15-12(8-14(17)16-13)10-5-4-6-11(7-10)18-2/h4-8H,3,9H2,1-2H3,(H,15,16,17). The zero-order valence-electron chi connectivity index (χ0n) is 11.0. The highest BCUT2D eigenvalue weighted by Gasteiger charge is 2.05. The second-order valence-electron chi connectivity index (χ2n) is 3.95. The van der Waals surface area contributed by atoms with E-state index >= 15 is 0 Å². The predicted molar refractivity (Wildman–Crippen MR) is 72.2 cm³/mol. The molecule has 0 fully saturated rings. The Morgan fingerprint density at radius 2 is 2.16 bits per heavy atom. The number of nitrogens with one attached hydrogen (secondary N) is 1. The van der Waals surface area contributed by atoms with E-state index in [0.29, 0.717) is 24.7 Å². The lowest BCUT2D eigenvalue weighted by Crippen LogP contribution is -2.12. The average Bonchev–Trinajstić information content (AvgIpc) is 2.44. The summed E-state index contributed by atoms with van der Waals surface area (Å²) < 4.78 is 10.4. The fraction of sp³-hybridized carbons (Fsp3) is 0.286. The van der Waals surface area contributed by atoms with Gasteiger partial charge in [-0.15, -0.1) is 0 Å². The van der Waals surface area contributed by atoms with Crippen molar-refractivity contribution in [2.45, 2.75) is 13.5 Å². The van der Waals surface area contributed by atoms with E-state index in [9.17, 15) is 4.79 Å². The van der Waals surface area contributed by atoms with E-state index in [-0.39, 0.29) is 5.56 Å². The topological polar surface area (TPSA) is 64.2 Å². The summed E-state index contributed by atoms with van der Waals surface area (Å²) in [5.74, 6) is 1.25. The molecule has 1 aromatic heterocycles. The minimum absolute atomic E-state index is 0.192. The van der Waals surface area contributed by atoms with Crippen LogP contribution in [0, 0.1) is 0 Å². The van der Waals surface area contributed by atoms with Crippen molar-refractivity contribution in [1.82, 2.24) is 9.97 Å². The largest absolute Gasteiger partial charge is 0.497 e. The predicted octanol–water partition coefficient (Wildman–Crippen LogP) is 1.98. The normalized spacial score (nSPS) is 10.4. The first kappa shape index (κ1) is 13.3. The quantitative estimate of drug-likeness (QED) is 0.892. The van der Waals surface area contributed by atoms with Crippen molar-refractivity contribution in [2.75, 3.05) is 13.7 Å². The maximum Gasteiger partial charge on any atom is 0.251 e. The van der Waals surface area contributed by atoms with E-state index in [0.717, 1.165) is 11.3 Å². The zero-order chi connectivity index (χ0) is 13.7. The van der Waals surface area contributed by atoms with Crippen molar-refractivity contribution in [3.63, 3.8) is 0 Å². The number of methoxy groups -OCH3 is 1. The summed E-state index contributed by atoms with van der Waals surface area (Å²) in [4.78, 5) is 18.7. The van der Waals surface area contributed by atoms with Gasteiger partial charge in [0.2, 0.25) is 0 Å². The van der Waals surface area contributed by atoms with Crippen LogP contribution in [0.25, 0.3) is 11.3 Å². The number of H-pyrrole nitrogens is 1. The first-order chi connectivity index (χ1) is 9.22. The SMILES string of the molecule is CCOCc1nc(-c2cccc(OC)c2)cc(=O)[nH]1. The summed E-state index contributed by atoms with van der Waals surface area (Å²) in [6.07, 6.45) is 0. The Morgan fingerprint density at radius 1 is 1.32 bits per heavy atom. The first-order valence-electron chi connectivity index (χ1n) is 6.05. The third-order valence-corrected chi connectivity index (χ3v) is 2.60. The van der Waals surface area contributed by atoms with Crippen molar-refractivity contribution in [1.29, 1.82) is 0 Å². The third-order valence-electron chi connectivity index (χ3n) is 2.60. The second kappa shape index (κ2) is 6.15. The summed E-state index contributed by atoms with van der Waals surface area (Å²) in [7, 11) is 1.60. The molecule has 0 aliphatic rings. The van der Waals surface area contributed by atoms with Crippen LogP contribution in [0.1, 0.15) is 12.7 Å². The lowest BCUT2D eigenvalue weighted by molar-refractivity contribution is 0.128. The van der Waals surface area contributed by atoms with Gasteiger partial charge in [-0.25, -0.2) is 4.98 Å². The molecule has 5 nitrogen and oxygen atoms in total. The van der Waals surface area contributed by atoms with Gasteiger partial charge >= 0.3 is 0 Å². The Hall–Kier alpha value is -2.14. The molecule has 19 heavy (non-hydrogen) atoms. The van der Waals surface area contributed by atoms with E-state index in [1.807, 2.05) is 31.2 Å². The van der Waals surface area contributed by atoms with Gasteiger partial charge in [0, 0.05) is 18.2 Å². The summed E-state index contributed by atoms with van der Waals surface area (Å²) >= 11 is 0. The van der Waals surface area contributed by atoms with E-state index in [4.69, 9.17) is 9.47 Å². The Bertz CT molecular complexity index is 608. The number of benzene rings is 1. The molecule has 0 bridgehead atoms. The summed E-state index contributed by atoms with van der Waals surface area (Å²) in [6.45, 7) is 2.76. The van der Waals surface area contributed by atoms with Gasteiger partial charge in [0.15, 0.2) is 0 Å². The molecule has 0 aliphatic heterocycles. The molecule has 100 valence electrons. The highest BCUT2D eigenvalue weighted by molar-refractivity contribution is 5.60. The number of aromatic nitrogens is 2. The van der Waals surface area contributed by atoms with Crippen LogP contribution in [-0.2, 0) is 11.3 Å². The van der Waals surface area contributed by atoms with Crippen LogP contribution in [-0.4, -0.2) is 23.7 Å². The maximum atomic E-state index is 11.6. The van der Waals surface area contributed by atoms with Crippen LogP contribution in [0.15, 0.2) is 35.1 Å². The third kappa shape index (κ3) is 3.42. The number of hydrogen-bond acceptors (Lipinski definition) is 4. The molecule has 1 aromatic carbocycles. The van der Waals surface area contributed by atoms with Crippen LogP contribution < -0.4 is 10.3 Å². The summed E-state index contributed by atoms with van der Waals surface area (Å²) in [6, 6.07) is 8.89. The number of ether oxygens (including phenoxy) is 2. The van der Waals surface area contributed by atoms with Crippen LogP contribution in [0.3, 0.4) is 0 Å². The Balaban J connectivity index is 2.37. The number of rotatable bonds is 5. The van der Waals surface area contributed by atoms with E-state index in [2.05, 4.69) is 9.97 Å². The van der Waals surface area contributed by atoms with Crippen molar-refractivity contribution in [3.8, 4) is 17.0 Å². The van der Waals surface area contributed by atoms with Crippen molar-refractivity contribution in [3.05, 3.63) is 46.5 Å². The molecule has 2 aromatic rings. The van der Waals surface area contributed by atoms with E-state index in [1.54, 1.807) is 7.11 Å². The summed E-state index contributed by atoms with van der Waals surface area (Å²) in [5, 5.41) is 0. The highest BCUT2D eigenvalue weighted by atomic mass is 16.5. The van der Waals surface area contributed by atoms with Crippen LogP contribution in [0.2, 0.25) is 0 Å². The van der Waals surface area contributed by atoms with Crippen LogP contribution >= 0.6 is 0 Å². The van der Waals surface area contributed by atoms with Gasteiger partial charge in [-0.2, -0.15) is 0 Å².